The Balaban J connectivity index is 1.85. The Bertz CT molecular complexity index is 569. The van der Waals surface area contributed by atoms with Gasteiger partial charge in [-0.1, -0.05) is 18.2 Å². The molecule has 0 spiro atoms. The number of rotatable bonds is 5. The van der Waals surface area contributed by atoms with Crippen LogP contribution in [0.1, 0.15) is 44.2 Å². The van der Waals surface area contributed by atoms with Crippen molar-refractivity contribution in [1.29, 1.82) is 0 Å². The lowest BCUT2D eigenvalue weighted by molar-refractivity contribution is 0.309. The van der Waals surface area contributed by atoms with Crippen LogP contribution in [-0.2, 0) is 10.0 Å². The summed E-state index contributed by atoms with van der Waals surface area (Å²) in [6.45, 7) is 1.96. The molecule has 0 aromatic heterocycles. The predicted octanol–water partition coefficient (Wildman–Crippen LogP) is 2.34. The van der Waals surface area contributed by atoms with Crippen LogP contribution in [0.15, 0.2) is 24.3 Å². The van der Waals surface area contributed by atoms with Gasteiger partial charge in [0.05, 0.1) is 6.26 Å². The average Bonchev–Trinajstić information content (AvgIpc) is 2.40. The normalized spacial score (nSPS) is 24.7. The van der Waals surface area contributed by atoms with Crippen molar-refractivity contribution in [2.45, 2.75) is 50.7 Å². The molecule has 1 aliphatic carbocycles. The van der Waals surface area contributed by atoms with Crippen molar-refractivity contribution in [3.05, 3.63) is 35.6 Å². The Kier molecular flexibility index (Phi) is 5.35. The van der Waals surface area contributed by atoms with Crippen LogP contribution in [-0.4, -0.2) is 26.8 Å². The molecule has 1 aromatic rings. The van der Waals surface area contributed by atoms with Gasteiger partial charge in [0.25, 0.3) is 0 Å². The third-order valence-corrected chi connectivity index (χ3v) is 4.73. The monoisotopic (exact) mass is 314 g/mol. The van der Waals surface area contributed by atoms with E-state index in [-0.39, 0.29) is 17.9 Å². The fraction of sp³-hybridized carbons (Fsp3) is 0.600. The van der Waals surface area contributed by atoms with Crippen molar-refractivity contribution in [3.8, 4) is 0 Å². The summed E-state index contributed by atoms with van der Waals surface area (Å²) in [5.74, 6) is -0.190. The van der Waals surface area contributed by atoms with Crippen LogP contribution in [0.4, 0.5) is 4.39 Å². The number of hydrogen-bond acceptors (Lipinski definition) is 3. The van der Waals surface area contributed by atoms with E-state index in [4.69, 9.17) is 0 Å². The summed E-state index contributed by atoms with van der Waals surface area (Å²) >= 11 is 0. The number of sulfonamides is 1. The molecule has 0 bridgehead atoms. The Morgan fingerprint density at radius 1 is 1.14 bits per heavy atom. The van der Waals surface area contributed by atoms with Crippen LogP contribution >= 0.6 is 0 Å². The van der Waals surface area contributed by atoms with E-state index in [0.717, 1.165) is 25.7 Å². The second-order valence-electron chi connectivity index (χ2n) is 5.85. The molecule has 1 aromatic carbocycles. The van der Waals surface area contributed by atoms with Crippen molar-refractivity contribution in [2.75, 3.05) is 6.26 Å². The van der Waals surface area contributed by atoms with Gasteiger partial charge in [-0.2, -0.15) is 0 Å². The van der Waals surface area contributed by atoms with E-state index in [9.17, 15) is 12.8 Å². The second-order valence-corrected chi connectivity index (χ2v) is 7.63. The molecule has 0 saturated heterocycles. The molecule has 21 heavy (non-hydrogen) atoms. The van der Waals surface area contributed by atoms with Crippen LogP contribution in [0, 0.1) is 5.82 Å². The Morgan fingerprint density at radius 2 is 1.71 bits per heavy atom. The van der Waals surface area contributed by atoms with Crippen LogP contribution in [0.2, 0.25) is 0 Å². The summed E-state index contributed by atoms with van der Waals surface area (Å²) in [4.78, 5) is 0. The molecule has 4 nitrogen and oxygen atoms in total. The maximum atomic E-state index is 13.7. The zero-order chi connectivity index (χ0) is 15.5. The minimum atomic E-state index is -3.13. The fourth-order valence-electron chi connectivity index (χ4n) is 2.95. The molecule has 6 heteroatoms. The molecule has 1 unspecified atom stereocenters. The maximum absolute atomic E-state index is 13.7. The molecule has 1 atom stereocenters. The van der Waals surface area contributed by atoms with Gasteiger partial charge in [-0.3, -0.25) is 0 Å². The largest absolute Gasteiger partial charge is 0.307 e. The topological polar surface area (TPSA) is 58.2 Å². The summed E-state index contributed by atoms with van der Waals surface area (Å²) in [6.07, 6.45) is 4.61. The maximum Gasteiger partial charge on any atom is 0.208 e. The molecule has 118 valence electrons. The van der Waals surface area contributed by atoms with Gasteiger partial charge >= 0.3 is 0 Å². The molecular formula is C15H23FN2O2S. The molecule has 2 rings (SSSR count). The van der Waals surface area contributed by atoms with Gasteiger partial charge in [0.2, 0.25) is 10.0 Å². The first-order chi connectivity index (χ1) is 9.85. The van der Waals surface area contributed by atoms with E-state index in [2.05, 4.69) is 10.0 Å². The molecule has 1 saturated carbocycles. The van der Waals surface area contributed by atoms with E-state index in [0.29, 0.717) is 11.6 Å². The van der Waals surface area contributed by atoms with E-state index < -0.39 is 10.0 Å². The summed E-state index contributed by atoms with van der Waals surface area (Å²) < 4.78 is 38.8. The SMILES string of the molecule is CC(NC1CCC(NS(C)(=O)=O)CC1)c1ccccc1F. The molecule has 1 aliphatic rings. The lowest BCUT2D eigenvalue weighted by atomic mass is 9.91. The average molecular weight is 314 g/mol. The highest BCUT2D eigenvalue weighted by molar-refractivity contribution is 7.88. The van der Waals surface area contributed by atoms with E-state index in [1.54, 1.807) is 12.1 Å². The highest BCUT2D eigenvalue weighted by Crippen LogP contribution is 2.23. The minimum Gasteiger partial charge on any atom is -0.307 e. The lowest BCUT2D eigenvalue weighted by Gasteiger charge is -2.31. The number of benzene rings is 1. The summed E-state index contributed by atoms with van der Waals surface area (Å²) in [7, 11) is -3.13. The number of hydrogen-bond donors (Lipinski definition) is 2. The van der Waals surface area contributed by atoms with Gasteiger partial charge in [-0.15, -0.1) is 0 Å². The van der Waals surface area contributed by atoms with Crippen LogP contribution in [0.3, 0.4) is 0 Å². The first-order valence-corrected chi connectivity index (χ1v) is 9.22. The van der Waals surface area contributed by atoms with E-state index in [1.807, 2.05) is 13.0 Å². The van der Waals surface area contributed by atoms with Crippen molar-refractivity contribution in [2.24, 2.45) is 0 Å². The van der Waals surface area contributed by atoms with Gasteiger partial charge in [0.15, 0.2) is 0 Å². The van der Waals surface area contributed by atoms with Crippen molar-refractivity contribution in [3.63, 3.8) is 0 Å². The Hall–Kier alpha value is -0.980. The third-order valence-electron chi connectivity index (χ3n) is 3.97. The molecule has 0 amide bonds. The van der Waals surface area contributed by atoms with Gasteiger partial charge in [-0.25, -0.2) is 17.5 Å². The molecule has 0 radical (unpaired) electrons. The highest BCUT2D eigenvalue weighted by Gasteiger charge is 2.24. The van der Waals surface area contributed by atoms with Crippen molar-refractivity contribution < 1.29 is 12.8 Å². The smallest absolute Gasteiger partial charge is 0.208 e. The summed E-state index contributed by atoms with van der Waals surface area (Å²) in [6, 6.07) is 7.08. The molecule has 1 fully saturated rings. The fourth-order valence-corrected chi connectivity index (χ4v) is 3.79. The quantitative estimate of drug-likeness (QED) is 0.877. The first-order valence-electron chi connectivity index (χ1n) is 7.33. The zero-order valence-electron chi connectivity index (χ0n) is 12.5. The van der Waals surface area contributed by atoms with E-state index >= 15 is 0 Å². The minimum absolute atomic E-state index is 0.0295. The summed E-state index contributed by atoms with van der Waals surface area (Å²) in [5.41, 5.74) is 0.675. The van der Waals surface area contributed by atoms with Crippen LogP contribution < -0.4 is 10.0 Å². The van der Waals surface area contributed by atoms with Crippen molar-refractivity contribution in [1.82, 2.24) is 10.0 Å². The van der Waals surface area contributed by atoms with Gasteiger partial charge in [-0.05, 0) is 38.7 Å². The third kappa shape index (κ3) is 5.05. The number of halogens is 1. The highest BCUT2D eigenvalue weighted by atomic mass is 32.2. The summed E-state index contributed by atoms with van der Waals surface area (Å²) in [5, 5.41) is 3.44. The van der Waals surface area contributed by atoms with Gasteiger partial charge in [0.1, 0.15) is 5.82 Å². The first kappa shape index (κ1) is 16.4. The molecule has 2 N–H and O–H groups in total. The lowest BCUT2D eigenvalue weighted by Crippen LogP contribution is -2.42. The Morgan fingerprint density at radius 3 is 2.29 bits per heavy atom. The second kappa shape index (κ2) is 6.85. The van der Waals surface area contributed by atoms with Gasteiger partial charge in [0, 0.05) is 23.7 Å². The van der Waals surface area contributed by atoms with E-state index in [1.165, 1.54) is 12.3 Å². The van der Waals surface area contributed by atoms with Crippen molar-refractivity contribution >= 4 is 10.0 Å². The Labute approximate surface area is 126 Å². The zero-order valence-corrected chi connectivity index (χ0v) is 13.3. The molecule has 0 heterocycles. The molecule has 0 aliphatic heterocycles. The molecular weight excluding hydrogens is 291 g/mol. The van der Waals surface area contributed by atoms with Gasteiger partial charge < -0.3 is 5.32 Å². The number of nitrogens with one attached hydrogen (secondary N) is 2. The standard InChI is InChI=1S/C15H23FN2O2S/c1-11(14-5-3-4-6-15(14)16)17-12-7-9-13(10-8-12)18-21(2,19)20/h3-6,11-13,17-18H,7-10H2,1-2H3. The predicted molar refractivity (Wildman–Crippen MR) is 82.0 cm³/mol. The van der Waals surface area contributed by atoms with Crippen LogP contribution in [0.5, 0.6) is 0 Å². The van der Waals surface area contributed by atoms with Crippen LogP contribution in [0.25, 0.3) is 0 Å².